The molecule has 0 aromatic rings. The topological polar surface area (TPSA) is 161 Å². The summed E-state index contributed by atoms with van der Waals surface area (Å²) >= 11 is 0. The molecule has 0 bridgehead atoms. The van der Waals surface area contributed by atoms with Crippen LogP contribution >= 0.6 is 0 Å². The van der Waals surface area contributed by atoms with Gasteiger partial charge in [0.05, 0.1) is 6.42 Å². The fourth-order valence-electron chi connectivity index (χ4n) is 1.68. The molecule has 7 N–H and O–H groups in total. The Morgan fingerprint density at radius 3 is 2.30 bits per heavy atom. The molecule has 1 aliphatic heterocycles. The number of aliphatic hydroxyl groups excluding tert-OH is 4. The third-order valence-corrected chi connectivity index (χ3v) is 2.98. The highest BCUT2D eigenvalue weighted by Crippen LogP contribution is 2.20. The van der Waals surface area contributed by atoms with E-state index in [1.165, 1.54) is 0 Å². The second-order valence-corrected chi connectivity index (χ2v) is 4.51. The molecule has 0 saturated carbocycles. The Balaban J connectivity index is 2.37. The average molecular weight is 294 g/mol. The molecule has 1 saturated heterocycles. The van der Waals surface area contributed by atoms with Crippen LogP contribution in [0.2, 0.25) is 0 Å². The van der Waals surface area contributed by atoms with Gasteiger partial charge in [-0.3, -0.25) is 9.59 Å². The molecule has 0 aliphatic carbocycles. The van der Waals surface area contributed by atoms with E-state index in [9.17, 15) is 30.0 Å². The van der Waals surface area contributed by atoms with E-state index >= 15 is 0 Å². The first-order chi connectivity index (χ1) is 9.36. The number of ketones is 1. The van der Waals surface area contributed by atoms with Crippen LogP contribution in [0, 0.1) is 0 Å². The summed E-state index contributed by atoms with van der Waals surface area (Å²) in [6.07, 6.45) is -7.67. The zero-order valence-electron chi connectivity index (χ0n) is 10.8. The molecule has 0 spiro atoms. The van der Waals surface area contributed by atoms with E-state index in [0.717, 1.165) is 0 Å². The number of esters is 1. The van der Waals surface area contributed by atoms with Crippen molar-refractivity contribution in [1.29, 1.82) is 0 Å². The predicted molar refractivity (Wildman–Crippen MR) is 61.9 cm³/mol. The Bertz CT molecular complexity index is 349. The van der Waals surface area contributed by atoms with Crippen molar-refractivity contribution >= 4 is 11.8 Å². The number of hydrogen-bond donors (Lipinski definition) is 5. The first kappa shape index (κ1) is 17.0. The second kappa shape index (κ2) is 7.62. The zero-order valence-corrected chi connectivity index (χ0v) is 10.8. The smallest absolute Gasteiger partial charge is 0.306 e. The van der Waals surface area contributed by atoms with Crippen LogP contribution in [0.1, 0.15) is 12.8 Å². The van der Waals surface area contributed by atoms with Gasteiger partial charge in [-0.2, -0.15) is 0 Å². The summed E-state index contributed by atoms with van der Waals surface area (Å²) in [6.45, 7) is -0.312. The quantitative estimate of drug-likeness (QED) is 0.309. The monoisotopic (exact) mass is 294 g/mol. The molecule has 116 valence electrons. The summed E-state index contributed by atoms with van der Waals surface area (Å²) in [5.41, 5.74) is 3.38. The second-order valence-electron chi connectivity index (χ2n) is 4.51. The summed E-state index contributed by atoms with van der Waals surface area (Å²) in [6, 6.07) is 0. The number of hydrogen-bond acceptors (Lipinski definition) is 8. The van der Waals surface area contributed by atoms with Gasteiger partial charge in [0.1, 0.15) is 37.6 Å². The minimum atomic E-state index is -1.68. The summed E-state index contributed by atoms with van der Waals surface area (Å²) in [5, 5.41) is 37.5. The Morgan fingerprint density at radius 2 is 1.70 bits per heavy atom. The molecule has 1 fully saturated rings. The summed E-state index contributed by atoms with van der Waals surface area (Å²) in [7, 11) is 0. The molecule has 3 unspecified atom stereocenters. The molecule has 1 rings (SSSR count). The molecule has 1 aliphatic rings. The van der Waals surface area contributed by atoms with Crippen LogP contribution in [0.25, 0.3) is 0 Å². The minimum absolute atomic E-state index is 0.0143. The van der Waals surface area contributed by atoms with E-state index in [1.54, 1.807) is 0 Å². The van der Waals surface area contributed by atoms with E-state index in [0.29, 0.717) is 0 Å². The number of carbonyl (C=O) groups is 2. The highest BCUT2D eigenvalue weighted by Gasteiger charge is 2.43. The van der Waals surface area contributed by atoms with Crippen molar-refractivity contribution in [2.75, 3.05) is 13.2 Å². The number of ether oxygens (including phenoxy) is 2. The predicted octanol–water partition coefficient (Wildman–Crippen LogP) is -4.08. The van der Waals surface area contributed by atoms with Crippen molar-refractivity contribution in [2.45, 2.75) is 43.5 Å². The number of Topliss-reactive ketones (excluding diaryl/α,β-unsaturated/α-hetero) is 1. The minimum Gasteiger partial charge on any atom is -0.463 e. The van der Waals surface area contributed by atoms with E-state index in [2.05, 4.69) is 5.73 Å². The Hall–Kier alpha value is -1.10. The molecule has 0 radical (unpaired) electrons. The molecular weight excluding hydrogens is 274 g/mol. The summed E-state index contributed by atoms with van der Waals surface area (Å²) in [5.74, 6) is -0.845. The maximum atomic E-state index is 11.3. The highest BCUT2D eigenvalue weighted by atomic mass is 16.6. The molecular formula is C11H20NO8+. The van der Waals surface area contributed by atoms with Crippen molar-refractivity contribution in [2.24, 2.45) is 0 Å². The van der Waals surface area contributed by atoms with Crippen LogP contribution in [-0.2, 0) is 19.1 Å². The van der Waals surface area contributed by atoms with E-state index in [-0.39, 0.29) is 25.2 Å². The van der Waals surface area contributed by atoms with Crippen LogP contribution in [0.4, 0.5) is 0 Å². The molecule has 0 amide bonds. The standard InChI is InChI=1S/C11H19NO8/c12-3-5(13)1-2-7(14)19-4-6-8(15)9(16)10(17)11(18)20-6/h6,8-11,15-18H,1-4,12H2/p+1/t6?,8-,9?,10?,11-/m1/s1. The van der Waals surface area contributed by atoms with Gasteiger partial charge in [0.25, 0.3) is 0 Å². The van der Waals surface area contributed by atoms with Crippen LogP contribution in [0.5, 0.6) is 0 Å². The Morgan fingerprint density at radius 1 is 1.05 bits per heavy atom. The van der Waals surface area contributed by atoms with Crippen molar-refractivity contribution in [3.8, 4) is 0 Å². The molecule has 1 heterocycles. The highest BCUT2D eigenvalue weighted by molar-refractivity contribution is 5.83. The lowest BCUT2D eigenvalue weighted by atomic mass is 9.99. The van der Waals surface area contributed by atoms with Crippen LogP contribution < -0.4 is 5.73 Å². The molecule has 5 atom stereocenters. The van der Waals surface area contributed by atoms with E-state index in [1.807, 2.05) is 0 Å². The first-order valence-corrected chi connectivity index (χ1v) is 6.21. The zero-order chi connectivity index (χ0) is 15.3. The van der Waals surface area contributed by atoms with Crippen LogP contribution in [-0.4, -0.2) is 76.0 Å². The van der Waals surface area contributed by atoms with Crippen LogP contribution in [0.15, 0.2) is 0 Å². The van der Waals surface area contributed by atoms with Crippen LogP contribution in [0.3, 0.4) is 0 Å². The van der Waals surface area contributed by atoms with Gasteiger partial charge in [-0.15, -0.1) is 0 Å². The lowest BCUT2D eigenvalue weighted by Gasteiger charge is -2.37. The van der Waals surface area contributed by atoms with Gasteiger partial charge in [-0.05, 0) is 0 Å². The number of aliphatic hydroxyl groups is 4. The number of quaternary nitrogens is 1. The summed E-state index contributed by atoms with van der Waals surface area (Å²) in [4.78, 5) is 22.3. The maximum Gasteiger partial charge on any atom is 0.306 e. The third kappa shape index (κ3) is 4.47. The Kier molecular flexibility index (Phi) is 6.46. The lowest BCUT2D eigenvalue weighted by molar-refractivity contribution is -0.354. The SMILES string of the molecule is [NH3+]CC(=O)CCC(=O)OCC1O[C@@H](O)C(O)C(O)[C@@H]1O. The van der Waals surface area contributed by atoms with Crippen molar-refractivity contribution in [3.63, 3.8) is 0 Å². The van der Waals surface area contributed by atoms with Gasteiger partial charge in [0, 0.05) is 6.42 Å². The number of carbonyl (C=O) groups excluding carboxylic acids is 2. The molecule has 9 nitrogen and oxygen atoms in total. The van der Waals surface area contributed by atoms with Crippen molar-refractivity contribution in [3.05, 3.63) is 0 Å². The molecule has 9 heteroatoms. The molecule has 0 aromatic heterocycles. The van der Waals surface area contributed by atoms with Crippen molar-refractivity contribution < 1.29 is 45.2 Å². The number of rotatable bonds is 6. The van der Waals surface area contributed by atoms with E-state index in [4.69, 9.17) is 9.47 Å². The van der Waals surface area contributed by atoms with E-state index < -0.39 is 43.3 Å². The van der Waals surface area contributed by atoms with Gasteiger partial charge >= 0.3 is 5.97 Å². The first-order valence-electron chi connectivity index (χ1n) is 6.21. The van der Waals surface area contributed by atoms with Crippen molar-refractivity contribution in [1.82, 2.24) is 0 Å². The molecule has 0 aromatic carbocycles. The van der Waals surface area contributed by atoms with Gasteiger partial charge in [-0.25, -0.2) is 0 Å². The third-order valence-electron chi connectivity index (χ3n) is 2.98. The lowest BCUT2D eigenvalue weighted by Crippen LogP contribution is -2.58. The van der Waals surface area contributed by atoms with Gasteiger partial charge in [-0.1, -0.05) is 0 Å². The van der Waals surface area contributed by atoms with Gasteiger partial charge in [0.2, 0.25) is 0 Å². The fraction of sp³-hybridized carbons (Fsp3) is 0.818. The van der Waals surface area contributed by atoms with Gasteiger partial charge in [0.15, 0.2) is 12.1 Å². The maximum absolute atomic E-state index is 11.3. The normalized spacial score (nSPS) is 33.8. The van der Waals surface area contributed by atoms with Gasteiger partial charge < -0.3 is 35.6 Å². The molecule has 20 heavy (non-hydrogen) atoms. The Labute approximate surface area is 114 Å². The fourth-order valence-corrected chi connectivity index (χ4v) is 1.68. The average Bonchev–Trinajstić information content (AvgIpc) is 2.44. The largest absolute Gasteiger partial charge is 0.463 e. The summed E-state index contributed by atoms with van der Waals surface area (Å²) < 4.78 is 9.60.